The number of alkyl halides is 3. The number of halogens is 4. The topological polar surface area (TPSA) is 61.8 Å². The molecule has 1 aliphatic rings. The van der Waals surface area contributed by atoms with Gasteiger partial charge in [-0.1, -0.05) is 6.07 Å². The molecule has 0 aromatic heterocycles. The number of nitrogens with zero attached hydrogens (tertiary/aromatic N) is 1. The van der Waals surface area contributed by atoms with Gasteiger partial charge in [0.15, 0.2) is 0 Å². The van der Waals surface area contributed by atoms with Crippen molar-refractivity contribution < 1.29 is 32.3 Å². The van der Waals surface area contributed by atoms with Crippen LogP contribution in [0, 0.1) is 5.82 Å². The van der Waals surface area contributed by atoms with E-state index in [0.29, 0.717) is 12.8 Å². The Labute approximate surface area is 142 Å². The van der Waals surface area contributed by atoms with E-state index in [-0.39, 0.29) is 12.1 Å². The maximum atomic E-state index is 13.6. The average Bonchev–Trinajstić information content (AvgIpc) is 3.33. The predicted octanol–water partition coefficient (Wildman–Crippen LogP) is 3.66. The summed E-state index contributed by atoms with van der Waals surface area (Å²) in [7, 11) is 1.16. The molecule has 1 aliphatic carbocycles. The quantitative estimate of drug-likeness (QED) is 0.618. The molecule has 0 aliphatic heterocycles. The highest BCUT2D eigenvalue weighted by molar-refractivity contribution is 5.70. The third kappa shape index (κ3) is 3.87. The monoisotopic (exact) mass is 364 g/mol. The molecular weight excluding hydrogens is 344 g/mol. The normalized spacial score (nSPS) is 16.5. The van der Waals surface area contributed by atoms with Gasteiger partial charge >= 0.3 is 12.3 Å². The van der Waals surface area contributed by atoms with Gasteiger partial charge < -0.3 is 9.94 Å². The summed E-state index contributed by atoms with van der Waals surface area (Å²) in [4.78, 5) is 13.5. The van der Waals surface area contributed by atoms with Crippen molar-refractivity contribution in [3.05, 3.63) is 35.1 Å². The summed E-state index contributed by atoms with van der Waals surface area (Å²) >= 11 is 0. The van der Waals surface area contributed by atoms with Crippen LogP contribution in [0.5, 0.6) is 0 Å². The van der Waals surface area contributed by atoms with E-state index in [1.54, 1.807) is 13.8 Å². The van der Waals surface area contributed by atoms with Crippen LogP contribution < -0.4 is 5.48 Å². The molecule has 25 heavy (non-hydrogen) atoms. The zero-order valence-corrected chi connectivity index (χ0v) is 14.1. The lowest BCUT2D eigenvalue weighted by Gasteiger charge is -2.37. The zero-order chi connectivity index (χ0) is 19.0. The van der Waals surface area contributed by atoms with Gasteiger partial charge in [-0.3, -0.25) is 4.90 Å². The van der Waals surface area contributed by atoms with E-state index < -0.39 is 34.7 Å². The van der Waals surface area contributed by atoms with Gasteiger partial charge in [-0.05, 0) is 44.4 Å². The second-order valence-corrected chi connectivity index (χ2v) is 6.78. The first-order valence-electron chi connectivity index (χ1n) is 7.61. The van der Waals surface area contributed by atoms with Crippen LogP contribution in [-0.2, 0) is 16.5 Å². The van der Waals surface area contributed by atoms with Gasteiger partial charge in [0.05, 0.1) is 23.8 Å². The van der Waals surface area contributed by atoms with E-state index in [0.717, 1.165) is 19.2 Å². The van der Waals surface area contributed by atoms with Gasteiger partial charge in [-0.15, -0.1) is 0 Å². The van der Waals surface area contributed by atoms with Gasteiger partial charge in [0.1, 0.15) is 5.82 Å². The molecule has 2 N–H and O–H groups in total. The Balaban J connectivity index is 2.46. The molecule has 0 spiro atoms. The lowest BCUT2D eigenvalue weighted by molar-refractivity contribution is -0.140. The highest BCUT2D eigenvalue weighted by Crippen LogP contribution is 2.52. The van der Waals surface area contributed by atoms with Gasteiger partial charge in [-0.25, -0.2) is 9.18 Å². The standard InChI is InChI=1S/C16H20F4N2O3/c1-14(2,21-24)9-22(13(23)25-3)15(6-7-15)10-4-5-12(17)11(8-10)16(18,19)20/h4-5,8,21,24H,6-7,9H2,1-3H3. The number of carbonyl (C=O) groups is 1. The lowest BCUT2D eigenvalue weighted by atomic mass is 9.97. The lowest BCUT2D eigenvalue weighted by Crippen LogP contribution is -2.53. The van der Waals surface area contributed by atoms with E-state index >= 15 is 0 Å². The van der Waals surface area contributed by atoms with Crippen molar-refractivity contribution in [1.29, 1.82) is 0 Å². The Morgan fingerprint density at radius 3 is 2.40 bits per heavy atom. The predicted molar refractivity (Wildman–Crippen MR) is 80.4 cm³/mol. The summed E-state index contributed by atoms with van der Waals surface area (Å²) in [5, 5.41) is 9.21. The minimum atomic E-state index is -4.84. The molecule has 0 atom stereocenters. The molecule has 140 valence electrons. The molecule has 0 saturated heterocycles. The van der Waals surface area contributed by atoms with Gasteiger partial charge in [0.2, 0.25) is 0 Å². The van der Waals surface area contributed by atoms with Crippen molar-refractivity contribution in [3.63, 3.8) is 0 Å². The van der Waals surface area contributed by atoms with Crippen molar-refractivity contribution in [1.82, 2.24) is 10.4 Å². The molecule has 0 bridgehead atoms. The number of carbonyl (C=O) groups excluding carboxylic acids is 1. The van der Waals surface area contributed by atoms with Crippen LogP contribution in [0.3, 0.4) is 0 Å². The summed E-state index contributed by atoms with van der Waals surface area (Å²) < 4.78 is 57.3. The summed E-state index contributed by atoms with van der Waals surface area (Å²) in [6.45, 7) is 3.21. The highest BCUT2D eigenvalue weighted by atomic mass is 19.4. The average molecular weight is 364 g/mol. The highest BCUT2D eigenvalue weighted by Gasteiger charge is 2.54. The number of methoxy groups -OCH3 is 1. The van der Waals surface area contributed by atoms with Gasteiger partial charge in [-0.2, -0.15) is 18.7 Å². The van der Waals surface area contributed by atoms with E-state index in [9.17, 15) is 27.6 Å². The molecule has 0 radical (unpaired) electrons. The minimum absolute atomic E-state index is 0.0189. The first-order chi connectivity index (χ1) is 11.5. The summed E-state index contributed by atoms with van der Waals surface area (Å²) in [5.74, 6) is -1.37. The Kier molecular flexibility index (Phi) is 5.02. The number of amides is 1. The molecule has 9 heteroatoms. The van der Waals surface area contributed by atoms with E-state index in [1.807, 2.05) is 0 Å². The summed E-state index contributed by atoms with van der Waals surface area (Å²) in [6.07, 6.45) is -4.75. The molecule has 1 aromatic carbocycles. The minimum Gasteiger partial charge on any atom is -0.453 e. The Morgan fingerprint density at radius 1 is 1.36 bits per heavy atom. The van der Waals surface area contributed by atoms with Crippen molar-refractivity contribution >= 4 is 6.09 Å². The third-order valence-corrected chi connectivity index (χ3v) is 4.30. The second-order valence-electron chi connectivity index (χ2n) is 6.78. The van der Waals surface area contributed by atoms with Crippen LogP contribution in [0.15, 0.2) is 18.2 Å². The zero-order valence-electron chi connectivity index (χ0n) is 14.1. The fraction of sp³-hybridized carbons (Fsp3) is 0.562. The number of ether oxygens (including phenoxy) is 1. The smallest absolute Gasteiger partial charge is 0.419 e. The maximum Gasteiger partial charge on any atom is 0.419 e. The fourth-order valence-corrected chi connectivity index (χ4v) is 2.80. The number of benzene rings is 1. The number of hydrogen-bond donors (Lipinski definition) is 2. The number of rotatable bonds is 5. The van der Waals surface area contributed by atoms with E-state index in [1.165, 1.54) is 11.0 Å². The molecule has 0 heterocycles. The first kappa shape index (κ1) is 19.5. The maximum absolute atomic E-state index is 13.6. The molecule has 2 rings (SSSR count). The fourth-order valence-electron chi connectivity index (χ4n) is 2.80. The second kappa shape index (κ2) is 6.45. The molecule has 1 saturated carbocycles. The number of hydrogen-bond acceptors (Lipinski definition) is 4. The Hall–Kier alpha value is -1.87. The van der Waals surface area contributed by atoms with Crippen LogP contribution in [-0.4, -0.2) is 35.4 Å². The van der Waals surface area contributed by atoms with Crippen LogP contribution in [0.1, 0.15) is 37.8 Å². The van der Waals surface area contributed by atoms with Crippen molar-refractivity contribution in [2.24, 2.45) is 0 Å². The number of hydroxylamine groups is 1. The number of nitrogens with one attached hydrogen (secondary N) is 1. The molecular formula is C16H20F4N2O3. The molecule has 0 unspecified atom stereocenters. The van der Waals surface area contributed by atoms with Gasteiger partial charge in [0.25, 0.3) is 0 Å². The van der Waals surface area contributed by atoms with Gasteiger partial charge in [0, 0.05) is 6.54 Å². The van der Waals surface area contributed by atoms with E-state index in [2.05, 4.69) is 5.48 Å². The SMILES string of the molecule is COC(=O)N(CC(C)(C)NO)C1(c2ccc(F)c(C(F)(F)F)c2)CC1. The van der Waals surface area contributed by atoms with Crippen LogP contribution in [0.25, 0.3) is 0 Å². The van der Waals surface area contributed by atoms with Crippen molar-refractivity contribution in [2.75, 3.05) is 13.7 Å². The molecule has 1 amide bonds. The van der Waals surface area contributed by atoms with Crippen molar-refractivity contribution in [3.8, 4) is 0 Å². The Bertz CT molecular complexity index is 657. The third-order valence-electron chi connectivity index (χ3n) is 4.30. The van der Waals surface area contributed by atoms with Crippen LogP contribution >= 0.6 is 0 Å². The molecule has 1 aromatic rings. The molecule has 1 fully saturated rings. The largest absolute Gasteiger partial charge is 0.453 e. The first-order valence-corrected chi connectivity index (χ1v) is 7.61. The summed E-state index contributed by atoms with van der Waals surface area (Å²) in [6, 6.07) is 2.73. The van der Waals surface area contributed by atoms with Crippen LogP contribution in [0.2, 0.25) is 0 Å². The molecule has 5 nitrogen and oxygen atoms in total. The van der Waals surface area contributed by atoms with Crippen molar-refractivity contribution in [2.45, 2.75) is 43.9 Å². The Morgan fingerprint density at radius 2 is 1.96 bits per heavy atom. The van der Waals surface area contributed by atoms with E-state index in [4.69, 9.17) is 4.74 Å². The summed E-state index contributed by atoms with van der Waals surface area (Å²) in [5.41, 5.74) is -1.08. The van der Waals surface area contributed by atoms with Crippen LogP contribution in [0.4, 0.5) is 22.4 Å².